The zero-order valence-corrected chi connectivity index (χ0v) is 19.8. The monoisotopic (exact) mass is 464 g/mol. The number of anilines is 1. The van der Waals surface area contributed by atoms with Crippen LogP contribution in [0.3, 0.4) is 0 Å². The number of carbonyl (C=O) groups is 1. The van der Waals surface area contributed by atoms with Crippen LogP contribution in [0.25, 0.3) is 5.57 Å². The van der Waals surface area contributed by atoms with Gasteiger partial charge in [-0.1, -0.05) is 12.1 Å². The molecule has 1 atom stereocenters. The van der Waals surface area contributed by atoms with Crippen molar-refractivity contribution >= 4 is 17.3 Å². The normalized spacial score (nSPS) is 19.4. The van der Waals surface area contributed by atoms with Crippen LogP contribution in [-0.2, 0) is 11.2 Å². The Labute approximate surface area is 200 Å². The van der Waals surface area contributed by atoms with E-state index in [-0.39, 0.29) is 24.1 Å². The number of nitrogens with two attached hydrogens (primary N) is 1. The fraction of sp³-hybridized carbons (Fsp3) is 0.520. The van der Waals surface area contributed by atoms with Gasteiger partial charge in [-0.15, -0.1) is 0 Å². The largest absolute Gasteiger partial charge is 0.458 e. The number of carbonyl (C=O) groups excluding carboxylic acids is 1. The molecule has 0 aromatic carbocycles. The van der Waals surface area contributed by atoms with E-state index in [1.165, 1.54) is 16.8 Å². The number of amides is 1. The minimum absolute atomic E-state index is 0.0342. The first-order valence-corrected chi connectivity index (χ1v) is 12.0. The molecule has 2 saturated heterocycles. The van der Waals surface area contributed by atoms with Crippen molar-refractivity contribution in [1.29, 1.82) is 0 Å². The molecule has 0 spiro atoms. The van der Waals surface area contributed by atoms with Gasteiger partial charge < -0.3 is 25.0 Å². The minimum Gasteiger partial charge on any atom is -0.458 e. The molecule has 34 heavy (non-hydrogen) atoms. The van der Waals surface area contributed by atoms with Gasteiger partial charge in [0.2, 0.25) is 0 Å². The Morgan fingerprint density at radius 1 is 1.26 bits per heavy atom. The van der Waals surface area contributed by atoms with Crippen LogP contribution < -0.4 is 15.4 Å². The maximum absolute atomic E-state index is 13.0. The Bertz CT molecular complexity index is 1080. The fourth-order valence-electron chi connectivity index (χ4n) is 5.01. The summed E-state index contributed by atoms with van der Waals surface area (Å²) in [7, 11) is 1.62. The predicted octanol–water partition coefficient (Wildman–Crippen LogP) is 1.92. The number of piperidine rings is 1. The summed E-state index contributed by atoms with van der Waals surface area (Å²) in [6, 6.07) is 6.23. The van der Waals surface area contributed by atoms with Crippen LogP contribution in [0.2, 0.25) is 0 Å². The molecule has 0 radical (unpaired) electrons. The van der Waals surface area contributed by atoms with Crippen LogP contribution in [0, 0.1) is 5.92 Å². The van der Waals surface area contributed by atoms with Gasteiger partial charge in [0.05, 0.1) is 12.3 Å². The second-order valence-corrected chi connectivity index (χ2v) is 9.37. The summed E-state index contributed by atoms with van der Waals surface area (Å²) in [6.45, 7) is 5.10. The van der Waals surface area contributed by atoms with E-state index in [9.17, 15) is 4.79 Å². The first-order valence-electron chi connectivity index (χ1n) is 12.0. The third-order valence-electron chi connectivity index (χ3n) is 6.79. The molecule has 0 saturated carbocycles. The van der Waals surface area contributed by atoms with E-state index in [1.807, 2.05) is 19.2 Å². The van der Waals surface area contributed by atoms with E-state index in [0.29, 0.717) is 31.3 Å². The number of ether oxygens (including phenoxy) is 2. The number of fused-ring (bicyclic) bond motifs is 1. The summed E-state index contributed by atoms with van der Waals surface area (Å²) < 4.78 is 11.1. The number of hydrogen-bond donors (Lipinski definition) is 1. The van der Waals surface area contributed by atoms with Crippen molar-refractivity contribution in [3.05, 3.63) is 47.4 Å². The number of methoxy groups -OCH3 is 1. The molecular formula is C25H32N6O3. The maximum Gasteiger partial charge on any atom is 0.319 e. The van der Waals surface area contributed by atoms with Gasteiger partial charge in [0, 0.05) is 58.0 Å². The molecule has 0 bridgehead atoms. The van der Waals surface area contributed by atoms with Crippen LogP contribution in [0.15, 0.2) is 30.5 Å². The van der Waals surface area contributed by atoms with Crippen molar-refractivity contribution in [3.63, 3.8) is 0 Å². The topological polar surface area (TPSA) is 107 Å². The Morgan fingerprint density at radius 2 is 2.06 bits per heavy atom. The average Bonchev–Trinajstić information content (AvgIpc) is 3.26. The van der Waals surface area contributed by atoms with Crippen LogP contribution in [0.1, 0.15) is 41.5 Å². The molecule has 9 nitrogen and oxygen atoms in total. The van der Waals surface area contributed by atoms with Gasteiger partial charge in [0.15, 0.2) is 0 Å². The van der Waals surface area contributed by atoms with E-state index in [1.54, 1.807) is 18.1 Å². The predicted molar refractivity (Wildman–Crippen MR) is 129 cm³/mol. The highest BCUT2D eigenvalue weighted by Crippen LogP contribution is 2.37. The fourth-order valence-corrected chi connectivity index (χ4v) is 5.01. The Kier molecular flexibility index (Phi) is 6.47. The molecule has 2 aliphatic heterocycles. The highest BCUT2D eigenvalue weighted by atomic mass is 16.5. The quantitative estimate of drug-likeness (QED) is 0.662. The van der Waals surface area contributed by atoms with E-state index in [2.05, 4.69) is 32.0 Å². The third-order valence-corrected chi connectivity index (χ3v) is 6.79. The minimum atomic E-state index is -0.227. The molecular weight excluding hydrogens is 432 g/mol. The van der Waals surface area contributed by atoms with Crippen LogP contribution in [0.4, 0.5) is 5.82 Å². The molecule has 3 aliphatic rings. The van der Waals surface area contributed by atoms with E-state index < -0.39 is 0 Å². The summed E-state index contributed by atoms with van der Waals surface area (Å²) in [4.78, 5) is 30.5. The van der Waals surface area contributed by atoms with E-state index in [0.717, 1.165) is 38.2 Å². The summed E-state index contributed by atoms with van der Waals surface area (Å²) in [6.07, 6.45) is 6.93. The second kappa shape index (κ2) is 9.68. The second-order valence-electron chi connectivity index (χ2n) is 9.37. The van der Waals surface area contributed by atoms with Gasteiger partial charge in [-0.2, -0.15) is 9.97 Å². The van der Waals surface area contributed by atoms with E-state index >= 15 is 0 Å². The molecule has 4 heterocycles. The van der Waals surface area contributed by atoms with Crippen molar-refractivity contribution < 1.29 is 14.3 Å². The summed E-state index contributed by atoms with van der Waals surface area (Å²) in [5.41, 5.74) is 10.1. The lowest BCUT2D eigenvalue weighted by Crippen LogP contribution is -2.58. The van der Waals surface area contributed by atoms with Gasteiger partial charge in [0.1, 0.15) is 17.6 Å². The molecule has 0 unspecified atom stereocenters. The molecule has 1 amide bonds. The van der Waals surface area contributed by atoms with Gasteiger partial charge in [-0.25, -0.2) is 0 Å². The standard InChI is InChI=1S/C25H32N6O3/c1-16(15-33-2)34-25-28-22(24(32)31-13-18(26)14-31)12-23(29-25)30-10-7-17(8-11-30)19-5-6-21-20(19)4-3-9-27-21/h3-5,9,12,16-18H,6-8,10-11,13-15,26H2,1-2H3/t16-/m1/s1. The van der Waals surface area contributed by atoms with Crippen molar-refractivity contribution in [2.45, 2.75) is 38.3 Å². The molecule has 180 valence electrons. The molecule has 2 fully saturated rings. The highest BCUT2D eigenvalue weighted by molar-refractivity contribution is 5.93. The van der Waals surface area contributed by atoms with Crippen LogP contribution in [0.5, 0.6) is 6.01 Å². The highest BCUT2D eigenvalue weighted by Gasteiger charge is 2.32. The zero-order chi connectivity index (χ0) is 23.7. The smallest absolute Gasteiger partial charge is 0.319 e. The number of allylic oxidation sites excluding steroid dienone is 2. The van der Waals surface area contributed by atoms with Crippen molar-refractivity contribution in [2.24, 2.45) is 11.7 Å². The number of hydrogen-bond acceptors (Lipinski definition) is 8. The SMILES string of the molecule is COC[C@@H](C)Oc1nc(C(=O)N2CC(N)C2)cc(N2CCC(C3=CCc4ncccc43)CC2)n1. The van der Waals surface area contributed by atoms with E-state index in [4.69, 9.17) is 15.2 Å². The number of nitrogens with zero attached hydrogens (tertiary/aromatic N) is 5. The lowest BCUT2D eigenvalue weighted by molar-refractivity contribution is 0.0595. The summed E-state index contributed by atoms with van der Waals surface area (Å²) >= 11 is 0. The van der Waals surface area contributed by atoms with Gasteiger partial charge in [-0.05, 0) is 42.9 Å². The Hall–Kier alpha value is -3.04. The molecule has 9 heteroatoms. The van der Waals surface area contributed by atoms with Crippen LogP contribution in [-0.4, -0.2) is 77.8 Å². The van der Waals surface area contributed by atoms with Crippen LogP contribution >= 0.6 is 0 Å². The van der Waals surface area contributed by atoms with Crippen molar-refractivity contribution in [3.8, 4) is 6.01 Å². The Balaban J connectivity index is 1.32. The van der Waals surface area contributed by atoms with Gasteiger partial charge in [0.25, 0.3) is 5.91 Å². The first kappa shape index (κ1) is 22.7. The number of aromatic nitrogens is 3. The number of likely N-dealkylation sites (tertiary alicyclic amines) is 1. The molecule has 5 rings (SSSR count). The maximum atomic E-state index is 13.0. The molecule has 2 aromatic heterocycles. The Morgan fingerprint density at radius 3 is 2.79 bits per heavy atom. The first-order chi connectivity index (χ1) is 16.5. The molecule has 2 aromatic rings. The lowest BCUT2D eigenvalue weighted by Gasteiger charge is -2.37. The average molecular weight is 465 g/mol. The van der Waals surface area contributed by atoms with Gasteiger partial charge >= 0.3 is 6.01 Å². The number of pyridine rings is 1. The zero-order valence-electron chi connectivity index (χ0n) is 19.8. The third kappa shape index (κ3) is 4.63. The summed E-state index contributed by atoms with van der Waals surface area (Å²) in [5.74, 6) is 1.10. The number of rotatable bonds is 7. The molecule has 2 N–H and O–H groups in total. The molecule has 1 aliphatic carbocycles. The van der Waals surface area contributed by atoms with Crippen molar-refractivity contribution in [1.82, 2.24) is 19.9 Å². The lowest BCUT2D eigenvalue weighted by atomic mass is 9.86. The summed E-state index contributed by atoms with van der Waals surface area (Å²) in [5, 5.41) is 0. The van der Waals surface area contributed by atoms with Gasteiger partial charge in [-0.3, -0.25) is 9.78 Å². The van der Waals surface area contributed by atoms with Crippen molar-refractivity contribution in [2.75, 3.05) is 44.8 Å².